The van der Waals surface area contributed by atoms with E-state index in [4.69, 9.17) is 4.74 Å². The molecule has 0 spiro atoms. The van der Waals surface area contributed by atoms with Gasteiger partial charge in [0, 0.05) is 30.8 Å². The molecule has 0 N–H and O–H groups in total. The minimum absolute atomic E-state index is 0.120. The second kappa shape index (κ2) is 10.1. The lowest BCUT2D eigenvalue weighted by molar-refractivity contribution is 0.0152. The van der Waals surface area contributed by atoms with E-state index in [1.165, 1.54) is 24.3 Å². The summed E-state index contributed by atoms with van der Waals surface area (Å²) in [6.07, 6.45) is 0.928. The van der Waals surface area contributed by atoms with E-state index >= 15 is 0 Å². The highest BCUT2D eigenvalue weighted by molar-refractivity contribution is 7.90. The van der Waals surface area contributed by atoms with Gasteiger partial charge in [0.2, 0.25) is 0 Å². The Morgan fingerprint density at radius 1 is 0.970 bits per heavy atom. The first-order valence-corrected chi connectivity index (χ1v) is 12.7. The summed E-state index contributed by atoms with van der Waals surface area (Å²) in [5.74, 6) is -1.46. The fourth-order valence-electron chi connectivity index (χ4n) is 4.35. The third-order valence-electron chi connectivity index (χ3n) is 6.02. The lowest BCUT2D eigenvalue weighted by Crippen LogP contribution is -2.38. The van der Waals surface area contributed by atoms with E-state index in [2.05, 4.69) is 11.8 Å². The first-order chi connectivity index (χ1) is 15.9. The third kappa shape index (κ3) is 5.49. The smallest absolute Gasteiger partial charge is 0.182 e. The molecular formula is C26H27F2NO3S. The second-order valence-electron chi connectivity index (χ2n) is 8.23. The monoisotopic (exact) mass is 471 g/mol. The van der Waals surface area contributed by atoms with Crippen LogP contribution >= 0.6 is 0 Å². The Labute approximate surface area is 193 Å². The summed E-state index contributed by atoms with van der Waals surface area (Å²) >= 11 is 0. The molecule has 1 heterocycles. The Hall–Kier alpha value is -2.61. The molecule has 7 heteroatoms. The Morgan fingerprint density at radius 2 is 1.70 bits per heavy atom. The fraction of sp³-hybridized carbons (Fsp3) is 0.308. The van der Waals surface area contributed by atoms with Crippen molar-refractivity contribution in [3.05, 3.63) is 89.5 Å². The zero-order valence-electron chi connectivity index (χ0n) is 18.5. The highest BCUT2D eigenvalue weighted by Crippen LogP contribution is 2.28. The summed E-state index contributed by atoms with van der Waals surface area (Å²) in [7, 11) is -3.59. The van der Waals surface area contributed by atoms with Crippen LogP contribution in [0, 0.1) is 11.6 Å². The minimum Gasteiger partial charge on any atom is -0.379 e. The van der Waals surface area contributed by atoms with E-state index in [1.807, 2.05) is 24.3 Å². The number of morpholine rings is 1. The van der Waals surface area contributed by atoms with Gasteiger partial charge in [-0.05, 0) is 47.4 Å². The number of halogens is 2. The van der Waals surface area contributed by atoms with Crippen molar-refractivity contribution in [1.29, 1.82) is 0 Å². The molecule has 174 valence electrons. The first-order valence-electron chi connectivity index (χ1n) is 11.1. The van der Waals surface area contributed by atoms with Crippen LogP contribution < -0.4 is 0 Å². The molecule has 4 nitrogen and oxygen atoms in total. The molecule has 3 aromatic carbocycles. The third-order valence-corrected chi connectivity index (χ3v) is 7.72. The number of rotatable bonds is 7. The van der Waals surface area contributed by atoms with Crippen LogP contribution in [-0.4, -0.2) is 39.6 Å². The molecule has 0 saturated carbocycles. The highest BCUT2D eigenvalue weighted by atomic mass is 32.2. The SMILES string of the molecule is CCC(c1cccc(CS(=O)(=O)c2ccc(-c3ccc(F)cc3F)cc2)c1)N1CCOCC1. The average molecular weight is 472 g/mol. The second-order valence-corrected chi connectivity index (χ2v) is 10.2. The maximum absolute atomic E-state index is 14.1. The quantitative estimate of drug-likeness (QED) is 0.464. The molecule has 1 unspecified atom stereocenters. The fourth-order valence-corrected chi connectivity index (χ4v) is 5.69. The molecule has 0 bridgehead atoms. The molecule has 1 fully saturated rings. The molecule has 0 aromatic heterocycles. The van der Waals surface area contributed by atoms with Crippen molar-refractivity contribution in [3.63, 3.8) is 0 Å². The van der Waals surface area contributed by atoms with Crippen LogP contribution in [0.1, 0.15) is 30.5 Å². The highest BCUT2D eigenvalue weighted by Gasteiger charge is 2.22. The van der Waals surface area contributed by atoms with E-state index in [0.29, 0.717) is 18.8 Å². The van der Waals surface area contributed by atoms with Crippen molar-refractivity contribution in [2.45, 2.75) is 30.0 Å². The molecule has 33 heavy (non-hydrogen) atoms. The largest absolute Gasteiger partial charge is 0.379 e. The molecule has 1 atom stereocenters. The lowest BCUT2D eigenvalue weighted by Gasteiger charge is -2.34. The van der Waals surface area contributed by atoms with Crippen LogP contribution in [0.2, 0.25) is 0 Å². The molecule has 1 saturated heterocycles. The van der Waals surface area contributed by atoms with Crippen LogP contribution in [0.5, 0.6) is 0 Å². The maximum Gasteiger partial charge on any atom is 0.182 e. The molecule has 1 aliphatic rings. The van der Waals surface area contributed by atoms with Crippen LogP contribution in [0.15, 0.2) is 71.6 Å². The van der Waals surface area contributed by atoms with E-state index in [0.717, 1.165) is 36.7 Å². The van der Waals surface area contributed by atoms with E-state index < -0.39 is 21.5 Å². The van der Waals surface area contributed by atoms with Crippen LogP contribution in [-0.2, 0) is 20.3 Å². The van der Waals surface area contributed by atoms with Crippen LogP contribution in [0.4, 0.5) is 8.78 Å². The Balaban J connectivity index is 1.53. The number of hydrogen-bond acceptors (Lipinski definition) is 4. The summed E-state index contributed by atoms with van der Waals surface area (Å²) in [6, 6.07) is 17.4. The molecule has 0 radical (unpaired) electrons. The number of nitrogens with zero attached hydrogens (tertiary/aromatic N) is 1. The molecule has 3 aromatic rings. The minimum atomic E-state index is -3.59. The predicted molar refractivity (Wildman–Crippen MR) is 125 cm³/mol. The lowest BCUT2D eigenvalue weighted by atomic mass is 10.0. The topological polar surface area (TPSA) is 46.6 Å². The summed E-state index contributed by atoms with van der Waals surface area (Å²) in [6.45, 7) is 5.28. The predicted octanol–water partition coefficient (Wildman–Crippen LogP) is 5.39. The Kier molecular flexibility index (Phi) is 7.22. The summed E-state index contributed by atoms with van der Waals surface area (Å²) in [4.78, 5) is 2.55. The molecule has 4 rings (SSSR count). The van der Waals surface area contributed by atoms with Gasteiger partial charge >= 0.3 is 0 Å². The normalized spacial score (nSPS) is 16.0. The molecule has 0 amide bonds. The number of hydrogen-bond donors (Lipinski definition) is 0. The maximum atomic E-state index is 14.1. The van der Waals surface area contributed by atoms with Crippen molar-refractivity contribution in [3.8, 4) is 11.1 Å². The zero-order chi connectivity index (χ0) is 23.4. The van der Waals surface area contributed by atoms with Crippen molar-refractivity contribution in [1.82, 2.24) is 4.90 Å². The van der Waals surface area contributed by atoms with Gasteiger partial charge in [0.15, 0.2) is 9.84 Å². The van der Waals surface area contributed by atoms with Gasteiger partial charge in [0.05, 0.1) is 23.9 Å². The van der Waals surface area contributed by atoms with Gasteiger partial charge in [-0.25, -0.2) is 17.2 Å². The molecular weight excluding hydrogens is 444 g/mol. The summed E-state index contributed by atoms with van der Waals surface area (Å²) in [5, 5.41) is 0. The van der Waals surface area contributed by atoms with Crippen molar-refractivity contribution in [2.75, 3.05) is 26.3 Å². The van der Waals surface area contributed by atoms with Crippen molar-refractivity contribution >= 4 is 9.84 Å². The van der Waals surface area contributed by atoms with Gasteiger partial charge in [-0.3, -0.25) is 4.90 Å². The van der Waals surface area contributed by atoms with Crippen molar-refractivity contribution < 1.29 is 21.9 Å². The van der Waals surface area contributed by atoms with Crippen molar-refractivity contribution in [2.24, 2.45) is 0 Å². The van der Waals surface area contributed by atoms with E-state index in [-0.39, 0.29) is 22.3 Å². The van der Waals surface area contributed by atoms with Gasteiger partial charge in [-0.2, -0.15) is 0 Å². The van der Waals surface area contributed by atoms with Gasteiger partial charge in [-0.15, -0.1) is 0 Å². The average Bonchev–Trinajstić information content (AvgIpc) is 2.80. The molecule has 1 aliphatic heterocycles. The van der Waals surface area contributed by atoms with E-state index in [9.17, 15) is 17.2 Å². The first kappa shape index (κ1) is 23.5. The zero-order valence-corrected chi connectivity index (χ0v) is 19.3. The van der Waals surface area contributed by atoms with Gasteiger partial charge in [0.25, 0.3) is 0 Å². The Morgan fingerprint density at radius 3 is 2.36 bits per heavy atom. The summed E-state index contributed by atoms with van der Waals surface area (Å²) < 4.78 is 58.8. The van der Waals surface area contributed by atoms with Gasteiger partial charge in [0.1, 0.15) is 11.6 Å². The van der Waals surface area contributed by atoms with Crippen LogP contribution in [0.25, 0.3) is 11.1 Å². The Bertz CT molecular complexity index is 1210. The van der Waals surface area contributed by atoms with E-state index in [1.54, 1.807) is 12.1 Å². The number of ether oxygens (including phenoxy) is 1. The van der Waals surface area contributed by atoms with Gasteiger partial charge in [-0.1, -0.05) is 43.3 Å². The summed E-state index contributed by atoms with van der Waals surface area (Å²) in [5.41, 5.74) is 2.55. The van der Waals surface area contributed by atoms with Gasteiger partial charge < -0.3 is 4.74 Å². The molecule has 0 aliphatic carbocycles. The number of sulfone groups is 1. The van der Waals surface area contributed by atoms with Crippen LogP contribution in [0.3, 0.4) is 0 Å². The number of benzene rings is 3. The standard InChI is InChI=1S/C26H27F2NO3S/c1-2-26(29-12-14-32-15-13-29)21-5-3-4-19(16-21)18-33(30,31)23-9-6-20(7-10-23)24-11-8-22(27)17-25(24)28/h3-11,16-17,26H,2,12-15,18H2,1H3.